The monoisotopic (exact) mass is 267 g/mol. The van der Waals surface area contributed by atoms with Gasteiger partial charge in [-0.05, 0) is 26.0 Å². The van der Waals surface area contributed by atoms with Gasteiger partial charge >= 0.3 is 0 Å². The Morgan fingerprint density at radius 1 is 1.41 bits per heavy atom. The Morgan fingerprint density at radius 3 is 2.76 bits per heavy atom. The molecule has 17 heavy (non-hydrogen) atoms. The standard InChI is InChI=1S/C11H10ClN3OS/c1-6-8(3-4-10(12)14-6)15-11(16)9-5-13-7(2)17-9/h3-5H,1-2H3,(H,15,16). The first-order valence-corrected chi connectivity index (χ1v) is 6.12. The third kappa shape index (κ3) is 2.81. The highest BCUT2D eigenvalue weighted by molar-refractivity contribution is 7.13. The maximum atomic E-state index is 11.9. The van der Waals surface area contributed by atoms with Crippen LogP contribution in [0, 0.1) is 13.8 Å². The molecule has 0 unspecified atom stereocenters. The lowest BCUT2D eigenvalue weighted by Crippen LogP contribution is -2.11. The molecule has 0 saturated heterocycles. The first kappa shape index (κ1) is 12.0. The molecule has 0 aliphatic heterocycles. The minimum atomic E-state index is -0.178. The van der Waals surface area contributed by atoms with Crippen LogP contribution >= 0.6 is 22.9 Å². The van der Waals surface area contributed by atoms with Crippen molar-refractivity contribution in [2.75, 3.05) is 5.32 Å². The second-order valence-electron chi connectivity index (χ2n) is 3.46. The van der Waals surface area contributed by atoms with Crippen molar-refractivity contribution < 1.29 is 4.79 Å². The van der Waals surface area contributed by atoms with Gasteiger partial charge < -0.3 is 5.32 Å². The summed E-state index contributed by atoms with van der Waals surface area (Å²) >= 11 is 7.10. The number of carbonyl (C=O) groups is 1. The molecule has 6 heteroatoms. The molecule has 88 valence electrons. The number of hydrogen-bond donors (Lipinski definition) is 1. The molecule has 0 radical (unpaired) electrons. The average molecular weight is 268 g/mol. The van der Waals surface area contributed by atoms with Gasteiger partial charge in [0.15, 0.2) is 0 Å². The van der Waals surface area contributed by atoms with Crippen LogP contribution in [0.5, 0.6) is 0 Å². The second-order valence-corrected chi connectivity index (χ2v) is 5.09. The van der Waals surface area contributed by atoms with Crippen molar-refractivity contribution in [3.05, 3.63) is 39.1 Å². The van der Waals surface area contributed by atoms with Crippen LogP contribution in [0.3, 0.4) is 0 Å². The van der Waals surface area contributed by atoms with Crippen molar-refractivity contribution in [3.63, 3.8) is 0 Å². The van der Waals surface area contributed by atoms with Crippen LogP contribution in [0.2, 0.25) is 5.15 Å². The van der Waals surface area contributed by atoms with E-state index in [1.54, 1.807) is 25.3 Å². The summed E-state index contributed by atoms with van der Waals surface area (Å²) in [7, 11) is 0. The molecule has 2 rings (SSSR count). The highest BCUT2D eigenvalue weighted by atomic mass is 35.5. The van der Waals surface area contributed by atoms with E-state index < -0.39 is 0 Å². The van der Waals surface area contributed by atoms with Crippen LogP contribution in [-0.2, 0) is 0 Å². The highest BCUT2D eigenvalue weighted by Gasteiger charge is 2.11. The largest absolute Gasteiger partial charge is 0.320 e. The zero-order valence-electron chi connectivity index (χ0n) is 9.32. The fourth-order valence-corrected chi connectivity index (χ4v) is 2.18. The summed E-state index contributed by atoms with van der Waals surface area (Å²) in [6, 6.07) is 3.37. The molecular formula is C11H10ClN3OS. The van der Waals surface area contributed by atoms with Gasteiger partial charge in [0.05, 0.1) is 22.6 Å². The number of aromatic nitrogens is 2. The molecule has 0 aliphatic carbocycles. The van der Waals surface area contributed by atoms with E-state index in [9.17, 15) is 4.79 Å². The third-order valence-corrected chi connectivity index (χ3v) is 3.27. The number of amides is 1. The number of halogens is 1. The Balaban J connectivity index is 2.18. The Bertz CT molecular complexity index is 568. The summed E-state index contributed by atoms with van der Waals surface area (Å²) in [6.45, 7) is 3.65. The average Bonchev–Trinajstić information content (AvgIpc) is 2.69. The normalized spacial score (nSPS) is 10.3. The Hall–Kier alpha value is -1.46. The molecule has 0 aliphatic rings. The van der Waals surface area contributed by atoms with E-state index in [0.29, 0.717) is 21.4 Å². The lowest BCUT2D eigenvalue weighted by Gasteiger charge is -2.06. The second kappa shape index (κ2) is 4.81. The maximum Gasteiger partial charge on any atom is 0.267 e. The van der Waals surface area contributed by atoms with Crippen molar-refractivity contribution in [2.45, 2.75) is 13.8 Å². The quantitative estimate of drug-likeness (QED) is 0.851. The third-order valence-electron chi connectivity index (χ3n) is 2.15. The van der Waals surface area contributed by atoms with Crippen molar-refractivity contribution in [2.24, 2.45) is 0 Å². The van der Waals surface area contributed by atoms with Gasteiger partial charge in [-0.1, -0.05) is 11.6 Å². The Morgan fingerprint density at radius 2 is 2.18 bits per heavy atom. The lowest BCUT2D eigenvalue weighted by atomic mass is 10.3. The summed E-state index contributed by atoms with van der Waals surface area (Å²) < 4.78 is 0. The molecule has 0 spiro atoms. The molecule has 0 saturated carbocycles. The zero-order valence-corrected chi connectivity index (χ0v) is 10.9. The summed E-state index contributed by atoms with van der Waals surface area (Å²) in [4.78, 5) is 20.5. The smallest absolute Gasteiger partial charge is 0.267 e. The number of carbonyl (C=O) groups excluding carboxylic acids is 1. The lowest BCUT2D eigenvalue weighted by molar-refractivity contribution is 0.103. The molecule has 0 atom stereocenters. The van der Waals surface area contributed by atoms with Crippen LogP contribution in [0.15, 0.2) is 18.3 Å². The molecular weight excluding hydrogens is 258 g/mol. The number of rotatable bonds is 2. The van der Waals surface area contributed by atoms with Crippen LogP contribution in [0.1, 0.15) is 20.4 Å². The first-order chi connectivity index (χ1) is 8.06. The van der Waals surface area contributed by atoms with Crippen LogP contribution < -0.4 is 5.32 Å². The first-order valence-electron chi connectivity index (χ1n) is 4.93. The van der Waals surface area contributed by atoms with Gasteiger partial charge in [0.1, 0.15) is 10.0 Å². The fourth-order valence-electron chi connectivity index (χ4n) is 1.31. The van der Waals surface area contributed by atoms with Gasteiger partial charge in [-0.25, -0.2) is 9.97 Å². The predicted molar refractivity (Wildman–Crippen MR) is 68.8 cm³/mol. The van der Waals surface area contributed by atoms with Gasteiger partial charge in [-0.3, -0.25) is 4.79 Å². The molecule has 0 fully saturated rings. The topological polar surface area (TPSA) is 54.9 Å². The Kier molecular flexibility index (Phi) is 3.40. The van der Waals surface area contributed by atoms with Gasteiger partial charge in [-0.2, -0.15) is 0 Å². The van der Waals surface area contributed by atoms with Crippen LogP contribution in [0.4, 0.5) is 5.69 Å². The van der Waals surface area contributed by atoms with E-state index in [1.807, 2.05) is 6.92 Å². The minimum absolute atomic E-state index is 0.178. The van der Waals surface area contributed by atoms with E-state index in [0.717, 1.165) is 5.01 Å². The van der Waals surface area contributed by atoms with Gasteiger partial charge in [0, 0.05) is 0 Å². The highest BCUT2D eigenvalue weighted by Crippen LogP contribution is 2.18. The van der Waals surface area contributed by atoms with Gasteiger partial charge in [0.2, 0.25) is 0 Å². The van der Waals surface area contributed by atoms with E-state index >= 15 is 0 Å². The molecule has 2 heterocycles. The number of anilines is 1. The molecule has 0 aromatic carbocycles. The molecule has 0 bridgehead atoms. The number of pyridine rings is 1. The summed E-state index contributed by atoms with van der Waals surface area (Å²) in [5.41, 5.74) is 1.34. The van der Waals surface area contributed by atoms with Crippen molar-refractivity contribution in [1.82, 2.24) is 9.97 Å². The van der Waals surface area contributed by atoms with E-state index in [1.165, 1.54) is 11.3 Å². The molecule has 4 nitrogen and oxygen atoms in total. The number of thiazole rings is 1. The number of aryl methyl sites for hydroxylation is 2. The molecule has 1 amide bonds. The van der Waals surface area contributed by atoms with Crippen molar-refractivity contribution in [1.29, 1.82) is 0 Å². The maximum absolute atomic E-state index is 11.9. The van der Waals surface area contributed by atoms with Crippen LogP contribution in [-0.4, -0.2) is 15.9 Å². The Labute approximate surface area is 108 Å². The number of hydrogen-bond acceptors (Lipinski definition) is 4. The zero-order chi connectivity index (χ0) is 12.4. The van der Waals surface area contributed by atoms with Gasteiger partial charge in [0.25, 0.3) is 5.91 Å². The van der Waals surface area contributed by atoms with E-state index in [-0.39, 0.29) is 5.91 Å². The predicted octanol–water partition coefficient (Wildman–Crippen LogP) is 3.06. The van der Waals surface area contributed by atoms with Gasteiger partial charge in [-0.15, -0.1) is 11.3 Å². The summed E-state index contributed by atoms with van der Waals surface area (Å²) in [5, 5.41) is 4.05. The van der Waals surface area contributed by atoms with E-state index in [4.69, 9.17) is 11.6 Å². The summed E-state index contributed by atoms with van der Waals surface area (Å²) in [6.07, 6.45) is 1.56. The molecule has 1 N–H and O–H groups in total. The SMILES string of the molecule is Cc1ncc(C(=O)Nc2ccc(Cl)nc2C)s1. The number of nitrogens with one attached hydrogen (secondary N) is 1. The molecule has 2 aromatic heterocycles. The van der Waals surface area contributed by atoms with Crippen molar-refractivity contribution in [3.8, 4) is 0 Å². The minimum Gasteiger partial charge on any atom is -0.320 e. The fraction of sp³-hybridized carbons (Fsp3) is 0.182. The van der Waals surface area contributed by atoms with Crippen molar-refractivity contribution >= 4 is 34.5 Å². The number of nitrogens with zero attached hydrogens (tertiary/aromatic N) is 2. The van der Waals surface area contributed by atoms with Crippen LogP contribution in [0.25, 0.3) is 0 Å². The molecule has 2 aromatic rings. The summed E-state index contributed by atoms with van der Waals surface area (Å²) in [5.74, 6) is -0.178. The van der Waals surface area contributed by atoms with E-state index in [2.05, 4.69) is 15.3 Å².